The van der Waals surface area contributed by atoms with Gasteiger partial charge in [0.25, 0.3) is 0 Å². The summed E-state index contributed by atoms with van der Waals surface area (Å²) in [7, 11) is 0. The van der Waals surface area contributed by atoms with Crippen molar-refractivity contribution in [3.8, 4) is 0 Å². The van der Waals surface area contributed by atoms with Crippen molar-refractivity contribution in [3.63, 3.8) is 0 Å². The number of ketones is 1. The van der Waals surface area contributed by atoms with Gasteiger partial charge in [-0.25, -0.2) is 0 Å². The first-order valence-corrected chi connectivity index (χ1v) is 6.75. The quantitative estimate of drug-likeness (QED) is 0.807. The molecule has 0 saturated heterocycles. The Labute approximate surface area is 114 Å². The van der Waals surface area contributed by atoms with Crippen LogP contribution >= 0.6 is 15.9 Å². The van der Waals surface area contributed by atoms with Crippen LogP contribution in [-0.2, 0) is 0 Å². The molecule has 0 spiro atoms. The Hall–Kier alpha value is -1.48. The molecule has 1 aromatic carbocycles. The highest BCUT2D eigenvalue weighted by atomic mass is 79.9. The van der Waals surface area contributed by atoms with Gasteiger partial charge in [0.15, 0.2) is 5.78 Å². The second-order valence-corrected chi connectivity index (χ2v) is 5.53. The normalized spacial score (nSPS) is 21.6. The number of aromatic nitrogens is 1. The molecule has 1 aliphatic rings. The third kappa shape index (κ3) is 2.23. The summed E-state index contributed by atoms with van der Waals surface area (Å²) in [5, 5.41) is 0. The second kappa shape index (κ2) is 4.65. The fraction of sp³-hybridized carbons (Fsp3) is 0.200. The Balaban J connectivity index is 1.77. The van der Waals surface area contributed by atoms with Crippen LogP contribution in [0.15, 0.2) is 53.3 Å². The van der Waals surface area contributed by atoms with Gasteiger partial charge in [0.1, 0.15) is 0 Å². The van der Waals surface area contributed by atoms with Crippen molar-refractivity contribution >= 4 is 21.7 Å². The molecule has 1 aliphatic carbocycles. The maximum Gasteiger partial charge on any atom is 0.168 e. The fourth-order valence-electron chi connectivity index (χ4n) is 2.31. The van der Waals surface area contributed by atoms with E-state index in [-0.39, 0.29) is 11.7 Å². The number of rotatable bonds is 3. The van der Waals surface area contributed by atoms with Gasteiger partial charge in [-0.1, -0.05) is 30.3 Å². The van der Waals surface area contributed by atoms with Gasteiger partial charge in [-0.05, 0) is 39.9 Å². The molecule has 1 aromatic heterocycles. The summed E-state index contributed by atoms with van der Waals surface area (Å²) in [6.45, 7) is 0. The minimum Gasteiger partial charge on any atom is -0.294 e. The van der Waals surface area contributed by atoms with Gasteiger partial charge >= 0.3 is 0 Å². The van der Waals surface area contributed by atoms with E-state index in [4.69, 9.17) is 0 Å². The molecule has 1 fully saturated rings. The first kappa shape index (κ1) is 11.6. The number of halogens is 1. The van der Waals surface area contributed by atoms with Gasteiger partial charge in [0, 0.05) is 28.3 Å². The number of carbonyl (C=O) groups is 1. The van der Waals surface area contributed by atoms with E-state index in [1.54, 1.807) is 12.4 Å². The highest BCUT2D eigenvalue weighted by Gasteiger charge is 2.43. The van der Waals surface area contributed by atoms with Crippen LogP contribution in [0, 0.1) is 5.92 Å². The Morgan fingerprint density at radius 1 is 1.22 bits per heavy atom. The van der Waals surface area contributed by atoms with Crippen LogP contribution in [0.2, 0.25) is 0 Å². The zero-order valence-electron chi connectivity index (χ0n) is 9.71. The molecule has 3 rings (SSSR count). The van der Waals surface area contributed by atoms with E-state index >= 15 is 0 Å². The minimum absolute atomic E-state index is 0.128. The molecule has 18 heavy (non-hydrogen) atoms. The molecular formula is C15H12BrNO. The van der Waals surface area contributed by atoms with Gasteiger partial charge in [-0.3, -0.25) is 9.78 Å². The smallest absolute Gasteiger partial charge is 0.168 e. The van der Waals surface area contributed by atoms with Crippen molar-refractivity contribution < 1.29 is 4.79 Å². The Kier molecular flexibility index (Phi) is 3.00. The van der Waals surface area contributed by atoms with Crippen LogP contribution in [0.5, 0.6) is 0 Å². The zero-order valence-corrected chi connectivity index (χ0v) is 11.3. The van der Waals surface area contributed by atoms with E-state index in [0.717, 1.165) is 10.9 Å². The number of pyridine rings is 1. The van der Waals surface area contributed by atoms with Crippen molar-refractivity contribution in [1.82, 2.24) is 4.98 Å². The third-order valence-electron chi connectivity index (χ3n) is 3.34. The first-order chi connectivity index (χ1) is 8.75. The predicted octanol–water partition coefficient (Wildman–Crippen LogP) is 3.83. The van der Waals surface area contributed by atoms with E-state index < -0.39 is 0 Å². The summed E-state index contributed by atoms with van der Waals surface area (Å²) in [6, 6.07) is 12.1. The standard InChI is InChI=1S/C15H12BrNO/c16-12-6-11(8-17-9-12)15(18)14-7-13(14)10-4-2-1-3-5-10/h1-6,8-9,13-14H,7H2. The molecule has 90 valence electrons. The molecule has 3 heteroatoms. The molecule has 2 aromatic rings. The molecule has 2 unspecified atom stereocenters. The summed E-state index contributed by atoms with van der Waals surface area (Å²) < 4.78 is 0.852. The third-order valence-corrected chi connectivity index (χ3v) is 3.78. The molecule has 0 radical (unpaired) electrons. The van der Waals surface area contributed by atoms with Crippen molar-refractivity contribution in [1.29, 1.82) is 0 Å². The Bertz CT molecular complexity index is 582. The van der Waals surface area contributed by atoms with Gasteiger partial charge in [-0.15, -0.1) is 0 Å². The lowest BCUT2D eigenvalue weighted by Gasteiger charge is -2.01. The Morgan fingerprint density at radius 3 is 2.72 bits per heavy atom. The maximum absolute atomic E-state index is 12.3. The predicted molar refractivity (Wildman–Crippen MR) is 73.6 cm³/mol. The van der Waals surface area contributed by atoms with Crippen molar-refractivity contribution in [2.45, 2.75) is 12.3 Å². The highest BCUT2D eigenvalue weighted by Crippen LogP contribution is 2.49. The van der Waals surface area contributed by atoms with E-state index in [9.17, 15) is 4.79 Å². The number of nitrogens with zero attached hydrogens (tertiary/aromatic N) is 1. The van der Waals surface area contributed by atoms with Gasteiger partial charge in [-0.2, -0.15) is 0 Å². The largest absolute Gasteiger partial charge is 0.294 e. The molecule has 2 atom stereocenters. The monoisotopic (exact) mass is 301 g/mol. The number of hydrogen-bond acceptors (Lipinski definition) is 2. The molecule has 0 aliphatic heterocycles. The number of benzene rings is 1. The van der Waals surface area contributed by atoms with Crippen LogP contribution in [0.3, 0.4) is 0 Å². The zero-order chi connectivity index (χ0) is 12.5. The van der Waals surface area contributed by atoms with Crippen molar-refractivity contribution in [2.75, 3.05) is 0 Å². The average molecular weight is 302 g/mol. The maximum atomic E-state index is 12.3. The lowest BCUT2D eigenvalue weighted by molar-refractivity contribution is 0.0965. The minimum atomic E-state index is 0.128. The SMILES string of the molecule is O=C(c1cncc(Br)c1)C1CC1c1ccccc1. The Morgan fingerprint density at radius 2 is 2.00 bits per heavy atom. The van der Waals surface area contributed by atoms with E-state index in [1.807, 2.05) is 24.3 Å². The van der Waals surface area contributed by atoms with Gasteiger partial charge in [0.2, 0.25) is 0 Å². The number of Topliss-reactive ketones (excluding diaryl/α,β-unsaturated/α-hetero) is 1. The second-order valence-electron chi connectivity index (χ2n) is 4.62. The van der Waals surface area contributed by atoms with E-state index in [0.29, 0.717) is 11.5 Å². The van der Waals surface area contributed by atoms with Crippen LogP contribution in [0.4, 0.5) is 0 Å². The first-order valence-electron chi connectivity index (χ1n) is 5.95. The molecule has 0 N–H and O–H groups in total. The van der Waals surface area contributed by atoms with Crippen LogP contribution < -0.4 is 0 Å². The average Bonchev–Trinajstić information content (AvgIpc) is 3.19. The lowest BCUT2D eigenvalue weighted by atomic mass is 10.0. The lowest BCUT2D eigenvalue weighted by Crippen LogP contribution is -2.03. The van der Waals surface area contributed by atoms with Gasteiger partial charge in [0.05, 0.1) is 0 Å². The van der Waals surface area contributed by atoms with E-state index in [1.165, 1.54) is 5.56 Å². The highest BCUT2D eigenvalue weighted by molar-refractivity contribution is 9.10. The summed E-state index contributed by atoms with van der Waals surface area (Å²) in [4.78, 5) is 16.3. The van der Waals surface area contributed by atoms with Crippen molar-refractivity contribution in [2.24, 2.45) is 5.92 Å². The molecular weight excluding hydrogens is 290 g/mol. The van der Waals surface area contributed by atoms with E-state index in [2.05, 4.69) is 33.0 Å². The molecule has 0 amide bonds. The summed E-state index contributed by atoms with van der Waals surface area (Å²) in [5.74, 6) is 0.721. The summed E-state index contributed by atoms with van der Waals surface area (Å²) in [5.41, 5.74) is 1.96. The van der Waals surface area contributed by atoms with Crippen molar-refractivity contribution in [3.05, 3.63) is 64.4 Å². The van der Waals surface area contributed by atoms with Crippen LogP contribution in [-0.4, -0.2) is 10.8 Å². The number of hydrogen-bond donors (Lipinski definition) is 0. The molecule has 1 saturated carbocycles. The molecule has 0 bridgehead atoms. The summed E-state index contributed by atoms with van der Waals surface area (Å²) >= 11 is 3.35. The van der Waals surface area contributed by atoms with Crippen LogP contribution in [0.25, 0.3) is 0 Å². The molecule has 2 nitrogen and oxygen atoms in total. The summed E-state index contributed by atoms with van der Waals surface area (Å²) in [6.07, 6.45) is 4.29. The fourth-order valence-corrected chi connectivity index (χ4v) is 2.68. The number of carbonyl (C=O) groups excluding carboxylic acids is 1. The molecule has 1 heterocycles. The topological polar surface area (TPSA) is 30.0 Å². The van der Waals surface area contributed by atoms with Crippen LogP contribution in [0.1, 0.15) is 28.3 Å². The van der Waals surface area contributed by atoms with Gasteiger partial charge < -0.3 is 0 Å².